The number of nitrogens with two attached hydrogens (primary N) is 1. The summed E-state index contributed by atoms with van der Waals surface area (Å²) in [5.41, 5.74) is 6.67. The third-order valence-corrected chi connectivity index (χ3v) is 4.79. The first-order valence-electron chi connectivity index (χ1n) is 7.16. The minimum atomic E-state index is 0.167. The molecule has 1 unspecified atom stereocenters. The highest BCUT2D eigenvalue weighted by molar-refractivity contribution is 6.42. The number of nitrogen functional groups attached to an aromatic ring is 1. The monoisotopic (exact) mass is 340 g/mol. The van der Waals surface area contributed by atoms with Crippen molar-refractivity contribution in [2.75, 3.05) is 36.8 Å². The molecule has 0 saturated carbocycles. The van der Waals surface area contributed by atoms with Gasteiger partial charge in [0.25, 0.3) is 0 Å². The number of anilines is 2. The second-order valence-corrected chi connectivity index (χ2v) is 6.19. The number of aromatic nitrogens is 3. The number of hydrogen-bond acceptors (Lipinski definition) is 5. The number of nitrogens with one attached hydrogen (secondary N) is 1. The Morgan fingerprint density at radius 2 is 1.91 bits per heavy atom. The van der Waals surface area contributed by atoms with E-state index >= 15 is 0 Å². The number of aromatic amines is 1. The second-order valence-electron chi connectivity index (χ2n) is 5.38. The molecule has 1 aliphatic rings. The molecule has 2 aromatic rings. The molecule has 22 heavy (non-hydrogen) atoms. The van der Waals surface area contributed by atoms with Gasteiger partial charge in [-0.3, -0.25) is 10.00 Å². The van der Waals surface area contributed by atoms with E-state index in [0.717, 1.165) is 37.7 Å². The van der Waals surface area contributed by atoms with Gasteiger partial charge in [0.15, 0.2) is 0 Å². The van der Waals surface area contributed by atoms with Crippen LogP contribution in [0.2, 0.25) is 10.0 Å². The number of halogens is 2. The highest BCUT2D eigenvalue weighted by atomic mass is 35.5. The first kappa shape index (κ1) is 15.4. The van der Waals surface area contributed by atoms with Gasteiger partial charge in [-0.25, -0.2) is 0 Å². The summed E-state index contributed by atoms with van der Waals surface area (Å²) < 4.78 is 0. The molecule has 6 nitrogen and oxygen atoms in total. The molecule has 1 fully saturated rings. The molecule has 0 bridgehead atoms. The number of hydrogen-bond donors (Lipinski definition) is 2. The van der Waals surface area contributed by atoms with Crippen LogP contribution in [0.15, 0.2) is 18.2 Å². The summed E-state index contributed by atoms with van der Waals surface area (Å²) in [7, 11) is 0. The van der Waals surface area contributed by atoms with Crippen LogP contribution in [0.1, 0.15) is 18.8 Å². The fourth-order valence-corrected chi connectivity index (χ4v) is 2.99. The Hall–Kier alpha value is -1.50. The lowest BCUT2D eigenvalue weighted by atomic mass is 10.2. The van der Waals surface area contributed by atoms with Crippen LogP contribution in [-0.4, -0.2) is 46.3 Å². The molecule has 3 N–H and O–H groups in total. The highest BCUT2D eigenvalue weighted by Crippen LogP contribution is 2.28. The summed E-state index contributed by atoms with van der Waals surface area (Å²) in [6.45, 7) is 5.82. The van der Waals surface area contributed by atoms with Crippen molar-refractivity contribution in [3.63, 3.8) is 0 Å². The molecule has 3 rings (SSSR count). The fourth-order valence-electron chi connectivity index (χ4n) is 2.70. The van der Waals surface area contributed by atoms with Gasteiger partial charge in [0, 0.05) is 31.9 Å². The molecule has 1 aromatic carbocycles. The van der Waals surface area contributed by atoms with Crippen LogP contribution in [0.3, 0.4) is 0 Å². The summed E-state index contributed by atoms with van der Waals surface area (Å²) in [5.74, 6) is 1.09. The van der Waals surface area contributed by atoms with Crippen molar-refractivity contribution in [1.82, 2.24) is 20.1 Å². The van der Waals surface area contributed by atoms with Crippen molar-refractivity contribution in [3.05, 3.63) is 34.1 Å². The van der Waals surface area contributed by atoms with Crippen molar-refractivity contribution in [3.8, 4) is 0 Å². The van der Waals surface area contributed by atoms with Gasteiger partial charge in [-0.15, -0.1) is 5.10 Å². The molecule has 0 aliphatic carbocycles. The predicted octanol–water partition coefficient (Wildman–Crippen LogP) is 2.58. The van der Waals surface area contributed by atoms with Crippen LogP contribution in [-0.2, 0) is 0 Å². The average Bonchev–Trinajstić information content (AvgIpc) is 2.96. The molecule has 0 amide bonds. The van der Waals surface area contributed by atoms with E-state index in [1.54, 1.807) is 0 Å². The molecule has 118 valence electrons. The molecule has 0 spiro atoms. The van der Waals surface area contributed by atoms with Crippen LogP contribution in [0, 0.1) is 0 Å². The van der Waals surface area contributed by atoms with Crippen LogP contribution < -0.4 is 10.6 Å². The maximum atomic E-state index is 6.09. The zero-order valence-corrected chi connectivity index (χ0v) is 13.8. The normalized spacial score (nSPS) is 17.7. The summed E-state index contributed by atoms with van der Waals surface area (Å²) in [5, 5.41) is 7.95. The van der Waals surface area contributed by atoms with Gasteiger partial charge < -0.3 is 10.6 Å². The predicted molar refractivity (Wildman–Crippen MR) is 89.5 cm³/mol. The number of benzene rings is 1. The third kappa shape index (κ3) is 3.14. The Labute approximate surface area is 139 Å². The van der Waals surface area contributed by atoms with E-state index < -0.39 is 0 Å². The van der Waals surface area contributed by atoms with Gasteiger partial charge in [0.1, 0.15) is 5.82 Å². The van der Waals surface area contributed by atoms with Gasteiger partial charge in [0.05, 0.1) is 16.1 Å². The average molecular weight is 341 g/mol. The lowest BCUT2D eigenvalue weighted by molar-refractivity contribution is 0.192. The molecule has 1 aliphatic heterocycles. The van der Waals surface area contributed by atoms with Crippen molar-refractivity contribution in [1.29, 1.82) is 0 Å². The molecule has 0 radical (unpaired) electrons. The molecule has 1 aromatic heterocycles. The van der Waals surface area contributed by atoms with Crippen molar-refractivity contribution < 1.29 is 0 Å². The van der Waals surface area contributed by atoms with E-state index in [4.69, 9.17) is 28.9 Å². The van der Waals surface area contributed by atoms with E-state index in [-0.39, 0.29) is 12.0 Å². The minimum absolute atomic E-state index is 0.167. The van der Waals surface area contributed by atoms with Crippen LogP contribution in [0.25, 0.3) is 0 Å². The lowest BCUT2D eigenvalue weighted by Crippen LogP contribution is -2.47. The van der Waals surface area contributed by atoms with Crippen LogP contribution in [0.5, 0.6) is 0 Å². The Bertz CT molecular complexity index is 651. The lowest BCUT2D eigenvalue weighted by Gasteiger charge is -2.38. The Morgan fingerprint density at radius 1 is 1.18 bits per heavy atom. The Morgan fingerprint density at radius 3 is 2.50 bits per heavy atom. The first-order valence-corrected chi connectivity index (χ1v) is 7.92. The number of piperazine rings is 1. The first-order chi connectivity index (χ1) is 10.5. The van der Waals surface area contributed by atoms with E-state index in [2.05, 4.69) is 31.9 Å². The topological polar surface area (TPSA) is 74.1 Å². The van der Waals surface area contributed by atoms with E-state index in [1.807, 2.05) is 18.2 Å². The highest BCUT2D eigenvalue weighted by Gasteiger charge is 2.24. The number of nitrogens with zero attached hydrogens (tertiary/aromatic N) is 4. The van der Waals surface area contributed by atoms with Gasteiger partial charge >= 0.3 is 0 Å². The van der Waals surface area contributed by atoms with E-state index in [9.17, 15) is 0 Å². The van der Waals surface area contributed by atoms with E-state index in [0.29, 0.717) is 10.0 Å². The molecule has 1 atom stereocenters. The summed E-state index contributed by atoms with van der Waals surface area (Å²) in [4.78, 5) is 8.87. The second kappa shape index (κ2) is 6.32. The van der Waals surface area contributed by atoms with Gasteiger partial charge in [-0.2, -0.15) is 4.98 Å². The number of H-pyrrole nitrogens is 1. The van der Waals surface area contributed by atoms with Crippen LogP contribution >= 0.6 is 23.2 Å². The molecular formula is C14H18Cl2N6. The van der Waals surface area contributed by atoms with Crippen LogP contribution in [0.4, 0.5) is 11.6 Å². The zero-order valence-electron chi connectivity index (χ0n) is 12.3. The van der Waals surface area contributed by atoms with Gasteiger partial charge in [-0.1, -0.05) is 23.2 Å². The van der Waals surface area contributed by atoms with Gasteiger partial charge in [0.2, 0.25) is 5.95 Å². The summed E-state index contributed by atoms with van der Waals surface area (Å²) >= 11 is 12.1. The number of rotatable bonds is 3. The molecule has 1 saturated heterocycles. The summed E-state index contributed by atoms with van der Waals surface area (Å²) in [6, 6.07) is 5.93. The molecule has 8 heteroatoms. The SMILES string of the molecule is CC(c1nc(N)n[nH]1)N1CCN(c2ccc(Cl)c(Cl)c2)CC1. The summed E-state index contributed by atoms with van der Waals surface area (Å²) in [6.07, 6.45) is 0. The fraction of sp³-hybridized carbons (Fsp3) is 0.429. The minimum Gasteiger partial charge on any atom is -0.369 e. The van der Waals surface area contributed by atoms with Crippen molar-refractivity contribution in [2.24, 2.45) is 0 Å². The molecular weight excluding hydrogens is 323 g/mol. The van der Waals surface area contributed by atoms with Crippen molar-refractivity contribution >= 4 is 34.8 Å². The smallest absolute Gasteiger partial charge is 0.239 e. The third-order valence-electron chi connectivity index (χ3n) is 4.05. The standard InChI is InChI=1S/C14H18Cl2N6/c1-9(13-18-14(17)20-19-13)21-4-6-22(7-5-21)10-2-3-11(15)12(16)8-10/h2-3,8-9H,4-7H2,1H3,(H3,17,18,19,20). The largest absolute Gasteiger partial charge is 0.369 e. The zero-order chi connectivity index (χ0) is 15.7. The van der Waals surface area contributed by atoms with E-state index in [1.165, 1.54) is 0 Å². The molecule has 2 heterocycles. The quantitative estimate of drug-likeness (QED) is 0.898. The Balaban J connectivity index is 1.63. The maximum absolute atomic E-state index is 6.09. The Kier molecular flexibility index (Phi) is 4.42. The van der Waals surface area contributed by atoms with Gasteiger partial charge in [-0.05, 0) is 25.1 Å². The maximum Gasteiger partial charge on any atom is 0.239 e. The van der Waals surface area contributed by atoms with Crippen molar-refractivity contribution in [2.45, 2.75) is 13.0 Å².